The summed E-state index contributed by atoms with van der Waals surface area (Å²) in [5.41, 5.74) is 1.35. The zero-order valence-electron chi connectivity index (χ0n) is 22.5. The zero-order valence-corrected chi connectivity index (χ0v) is 22.5. The van der Waals surface area contributed by atoms with E-state index in [1.54, 1.807) is 49.4 Å². The van der Waals surface area contributed by atoms with E-state index in [9.17, 15) is 18.0 Å². The Bertz CT molecular complexity index is 1650. The minimum atomic E-state index is -4.74. The molecule has 0 fully saturated rings. The summed E-state index contributed by atoms with van der Waals surface area (Å²) in [6.45, 7) is 2.14. The van der Waals surface area contributed by atoms with Gasteiger partial charge in [-0.3, -0.25) is 4.79 Å². The molecule has 0 bridgehead atoms. The number of aryl methyl sites for hydroxylation is 1. The number of ether oxygens (including phenoxy) is 2. The van der Waals surface area contributed by atoms with Gasteiger partial charge in [0.1, 0.15) is 17.3 Å². The molecule has 11 heteroatoms. The molecule has 0 radical (unpaired) electrons. The SMILES string of the molecule is Cc1nnc(-c2ccc(-c3c(C(F)(F)F)cc(F)c4c3CCC4CCOc3ccc4c(c3)OCC4CC(=O)O)cc2)o1. The molecule has 1 aliphatic carbocycles. The lowest BCUT2D eigenvalue weighted by Crippen LogP contribution is -2.12. The summed E-state index contributed by atoms with van der Waals surface area (Å²) >= 11 is 0. The molecule has 42 heavy (non-hydrogen) atoms. The standard InChI is InChI=1S/C31H26F4N2O5/c1-16-36-37-30(42-16)19-4-2-17(3-5-19)28-23-8-6-18(29(23)25(32)14-24(28)31(33,34)35)10-11-40-21-7-9-22-20(12-27(38)39)15-41-26(22)13-21/h2-5,7,9,13-14,18,20H,6,8,10-12,15H2,1H3,(H,38,39). The largest absolute Gasteiger partial charge is 0.493 e. The van der Waals surface area contributed by atoms with Gasteiger partial charge in [-0.05, 0) is 71.7 Å². The molecule has 2 heterocycles. The van der Waals surface area contributed by atoms with Crippen molar-refractivity contribution in [1.29, 1.82) is 0 Å². The molecule has 1 aromatic heterocycles. The fourth-order valence-corrected chi connectivity index (χ4v) is 5.96. The second kappa shape index (κ2) is 10.8. The van der Waals surface area contributed by atoms with Crippen LogP contribution in [0.25, 0.3) is 22.6 Å². The van der Waals surface area contributed by atoms with Crippen LogP contribution in [0, 0.1) is 12.7 Å². The summed E-state index contributed by atoms with van der Waals surface area (Å²) in [5, 5.41) is 16.8. The molecule has 2 unspecified atom stereocenters. The number of halogens is 4. The van der Waals surface area contributed by atoms with Crippen molar-refractivity contribution in [3.63, 3.8) is 0 Å². The number of nitrogens with zero attached hydrogens (tertiary/aromatic N) is 2. The van der Waals surface area contributed by atoms with E-state index in [2.05, 4.69) is 10.2 Å². The molecule has 218 valence electrons. The summed E-state index contributed by atoms with van der Waals surface area (Å²) < 4.78 is 74.7. The van der Waals surface area contributed by atoms with Crippen molar-refractivity contribution in [3.05, 3.63) is 82.5 Å². The monoisotopic (exact) mass is 582 g/mol. The molecule has 4 aromatic rings. The lowest BCUT2D eigenvalue weighted by atomic mass is 9.88. The van der Waals surface area contributed by atoms with E-state index in [0.29, 0.717) is 65.0 Å². The molecule has 6 rings (SSSR count). The summed E-state index contributed by atoms with van der Waals surface area (Å²) in [6.07, 6.45) is -3.57. The van der Waals surface area contributed by atoms with Crippen LogP contribution in [0.4, 0.5) is 17.6 Å². The molecule has 0 amide bonds. The molecule has 0 saturated carbocycles. The lowest BCUT2D eigenvalue weighted by molar-refractivity contribution is -0.138. The van der Waals surface area contributed by atoms with E-state index in [1.807, 2.05) is 0 Å². The van der Waals surface area contributed by atoms with Crippen LogP contribution in [-0.4, -0.2) is 34.5 Å². The maximum Gasteiger partial charge on any atom is 0.417 e. The quantitative estimate of drug-likeness (QED) is 0.218. The maximum absolute atomic E-state index is 15.3. The Labute approximate surface area is 238 Å². The Kier molecular flexibility index (Phi) is 7.12. The van der Waals surface area contributed by atoms with Gasteiger partial charge in [-0.15, -0.1) is 10.2 Å². The van der Waals surface area contributed by atoms with Crippen LogP contribution in [0.15, 0.2) is 52.9 Å². The molecule has 1 N–H and O–H groups in total. The van der Waals surface area contributed by atoms with Crippen molar-refractivity contribution in [3.8, 4) is 34.1 Å². The summed E-state index contributed by atoms with van der Waals surface area (Å²) in [6, 6.07) is 12.2. The van der Waals surface area contributed by atoms with Crippen molar-refractivity contribution in [2.45, 2.75) is 50.6 Å². The highest BCUT2D eigenvalue weighted by molar-refractivity contribution is 5.76. The number of benzene rings is 3. The first kappa shape index (κ1) is 27.7. The molecule has 3 aromatic carbocycles. The number of rotatable bonds is 8. The van der Waals surface area contributed by atoms with E-state index in [4.69, 9.17) is 19.0 Å². The van der Waals surface area contributed by atoms with Gasteiger partial charge in [0.05, 0.1) is 25.2 Å². The van der Waals surface area contributed by atoms with Crippen LogP contribution in [0.5, 0.6) is 11.5 Å². The molecule has 1 aliphatic heterocycles. The number of carboxylic acid groups (broad SMARTS) is 1. The third-order valence-electron chi connectivity index (χ3n) is 7.85. The predicted octanol–water partition coefficient (Wildman–Crippen LogP) is 7.32. The number of carbonyl (C=O) groups is 1. The number of aromatic nitrogens is 2. The predicted molar refractivity (Wildman–Crippen MR) is 143 cm³/mol. The smallest absolute Gasteiger partial charge is 0.417 e. The van der Waals surface area contributed by atoms with Gasteiger partial charge in [0.2, 0.25) is 11.8 Å². The molecule has 2 aliphatic rings. The van der Waals surface area contributed by atoms with Gasteiger partial charge in [0.15, 0.2) is 0 Å². The second-order valence-electron chi connectivity index (χ2n) is 10.6. The normalized spacial score (nSPS) is 17.5. The topological polar surface area (TPSA) is 94.7 Å². The molecule has 2 atom stereocenters. The lowest BCUT2D eigenvalue weighted by Gasteiger charge is -2.20. The van der Waals surface area contributed by atoms with Gasteiger partial charge in [-0.25, -0.2) is 4.39 Å². The van der Waals surface area contributed by atoms with Crippen LogP contribution in [0.2, 0.25) is 0 Å². The number of fused-ring (bicyclic) bond motifs is 2. The first-order valence-corrected chi connectivity index (χ1v) is 13.5. The fourth-order valence-electron chi connectivity index (χ4n) is 5.96. The van der Waals surface area contributed by atoms with Crippen molar-refractivity contribution in [2.75, 3.05) is 13.2 Å². The third-order valence-corrected chi connectivity index (χ3v) is 7.85. The zero-order chi connectivity index (χ0) is 29.6. The highest BCUT2D eigenvalue weighted by Crippen LogP contribution is 2.48. The summed E-state index contributed by atoms with van der Waals surface area (Å²) in [7, 11) is 0. The van der Waals surface area contributed by atoms with Crippen molar-refractivity contribution >= 4 is 5.97 Å². The molecular weight excluding hydrogens is 556 g/mol. The summed E-state index contributed by atoms with van der Waals surface area (Å²) in [5.74, 6) is -0.581. The van der Waals surface area contributed by atoms with Crippen LogP contribution < -0.4 is 9.47 Å². The highest BCUT2D eigenvalue weighted by atomic mass is 19.4. The molecule has 0 spiro atoms. The first-order valence-electron chi connectivity index (χ1n) is 13.5. The van der Waals surface area contributed by atoms with Gasteiger partial charge in [0.25, 0.3) is 0 Å². The van der Waals surface area contributed by atoms with E-state index >= 15 is 4.39 Å². The number of hydrogen-bond acceptors (Lipinski definition) is 6. The Morgan fingerprint density at radius 2 is 1.83 bits per heavy atom. The average Bonchev–Trinajstić information content (AvgIpc) is 3.67. The number of aliphatic carboxylic acids is 1. The van der Waals surface area contributed by atoms with E-state index in [0.717, 1.165) is 5.56 Å². The molecule has 7 nitrogen and oxygen atoms in total. The number of carboxylic acids is 1. The van der Waals surface area contributed by atoms with Crippen LogP contribution >= 0.6 is 0 Å². The first-order chi connectivity index (χ1) is 20.1. The van der Waals surface area contributed by atoms with Crippen molar-refractivity contribution in [1.82, 2.24) is 10.2 Å². The fraction of sp³-hybridized carbons (Fsp3) is 0.323. The van der Waals surface area contributed by atoms with Crippen molar-refractivity contribution in [2.24, 2.45) is 0 Å². The van der Waals surface area contributed by atoms with E-state index in [-0.39, 0.29) is 42.9 Å². The van der Waals surface area contributed by atoms with Crippen LogP contribution in [-0.2, 0) is 17.4 Å². The minimum Gasteiger partial charge on any atom is -0.493 e. The number of hydrogen-bond donors (Lipinski definition) is 1. The Morgan fingerprint density at radius 1 is 1.07 bits per heavy atom. The Hall–Kier alpha value is -4.41. The summed E-state index contributed by atoms with van der Waals surface area (Å²) in [4.78, 5) is 11.1. The van der Waals surface area contributed by atoms with E-state index in [1.165, 1.54) is 0 Å². The average molecular weight is 583 g/mol. The van der Waals surface area contributed by atoms with Crippen molar-refractivity contribution < 1.29 is 41.4 Å². The van der Waals surface area contributed by atoms with Gasteiger partial charge >= 0.3 is 12.1 Å². The van der Waals surface area contributed by atoms with E-state index < -0.39 is 23.5 Å². The third kappa shape index (κ3) is 5.31. The van der Waals surface area contributed by atoms with Gasteiger partial charge in [-0.1, -0.05) is 18.2 Å². The number of alkyl halides is 3. The second-order valence-corrected chi connectivity index (χ2v) is 10.6. The van der Waals surface area contributed by atoms with Gasteiger partial charge in [-0.2, -0.15) is 13.2 Å². The van der Waals surface area contributed by atoms with Crippen LogP contribution in [0.1, 0.15) is 59.2 Å². The minimum absolute atomic E-state index is 0.0118. The molecule has 0 saturated heterocycles. The molecular formula is C31H26F4N2O5. The Morgan fingerprint density at radius 3 is 2.52 bits per heavy atom. The maximum atomic E-state index is 15.3. The Balaban J connectivity index is 1.23. The van der Waals surface area contributed by atoms with Gasteiger partial charge < -0.3 is 19.0 Å². The van der Waals surface area contributed by atoms with Gasteiger partial charge in [0, 0.05) is 30.0 Å². The highest BCUT2D eigenvalue weighted by Gasteiger charge is 2.39. The van der Waals surface area contributed by atoms with Crippen LogP contribution in [0.3, 0.4) is 0 Å².